The molecule has 3 N–H and O–H groups in total. The number of rotatable bonds is 1. The molecule has 0 spiro atoms. The first-order valence-corrected chi connectivity index (χ1v) is 7.65. The predicted octanol–water partition coefficient (Wildman–Crippen LogP) is 1.85. The number of hydrogen-bond donors (Lipinski definition) is 2. The molecule has 0 bridgehead atoms. The second kappa shape index (κ2) is 6.28. The van der Waals surface area contributed by atoms with Gasteiger partial charge in [0.2, 0.25) is 5.60 Å². The summed E-state index contributed by atoms with van der Waals surface area (Å²) in [4.78, 5) is 15.4. The molecule has 1 aliphatic rings. The van der Waals surface area contributed by atoms with E-state index in [0.717, 1.165) is 12.1 Å². The molecule has 0 radical (unpaired) electrons. The molecular weight excluding hydrogens is 370 g/mol. The fourth-order valence-electron chi connectivity index (χ4n) is 2.38. The standard InChI is InChI=1S/C17H13F4N3O3/c1-16(26,17(19,20)21)3-2-9-6-10-13(7-11(9)18)27-5-4-24-8-12(14(22)25)23-15(10)24/h6-8,26H,4-5H2,1H3,(H2,22,25). The van der Waals surface area contributed by atoms with Crippen molar-refractivity contribution in [3.8, 4) is 29.0 Å². The fourth-order valence-corrected chi connectivity index (χ4v) is 2.38. The molecular formula is C17H13F4N3O3. The number of aromatic nitrogens is 2. The van der Waals surface area contributed by atoms with Crippen LogP contribution < -0.4 is 10.5 Å². The highest BCUT2D eigenvalue weighted by Crippen LogP contribution is 2.34. The van der Waals surface area contributed by atoms with Gasteiger partial charge in [-0.3, -0.25) is 4.79 Å². The second-order valence-corrected chi connectivity index (χ2v) is 6.00. The monoisotopic (exact) mass is 383 g/mol. The van der Waals surface area contributed by atoms with Crippen molar-refractivity contribution >= 4 is 5.91 Å². The van der Waals surface area contributed by atoms with Crippen molar-refractivity contribution in [3.05, 3.63) is 35.4 Å². The van der Waals surface area contributed by atoms with Crippen LogP contribution in [0.5, 0.6) is 5.75 Å². The Labute approximate surface area is 150 Å². The molecule has 1 aliphatic heterocycles. The van der Waals surface area contributed by atoms with E-state index in [-0.39, 0.29) is 35.0 Å². The third-order valence-electron chi connectivity index (χ3n) is 3.92. The van der Waals surface area contributed by atoms with Crippen molar-refractivity contribution in [3.63, 3.8) is 0 Å². The van der Waals surface area contributed by atoms with Gasteiger partial charge < -0.3 is 20.1 Å². The number of fused-ring (bicyclic) bond motifs is 3. The molecule has 1 aromatic carbocycles. The van der Waals surface area contributed by atoms with E-state index >= 15 is 0 Å². The Kier molecular flexibility index (Phi) is 4.35. The summed E-state index contributed by atoms with van der Waals surface area (Å²) < 4.78 is 59.4. The largest absolute Gasteiger partial charge is 0.491 e. The molecule has 27 heavy (non-hydrogen) atoms. The first kappa shape index (κ1) is 18.7. The van der Waals surface area contributed by atoms with E-state index in [1.54, 1.807) is 10.5 Å². The van der Waals surface area contributed by atoms with Crippen LogP contribution in [0, 0.1) is 17.7 Å². The average molecular weight is 383 g/mol. The van der Waals surface area contributed by atoms with Gasteiger partial charge in [-0.1, -0.05) is 11.8 Å². The smallest absolute Gasteiger partial charge is 0.428 e. The molecule has 1 unspecified atom stereocenters. The zero-order valence-electron chi connectivity index (χ0n) is 13.9. The van der Waals surface area contributed by atoms with Crippen molar-refractivity contribution in [2.75, 3.05) is 6.61 Å². The molecule has 10 heteroatoms. The normalized spacial score (nSPS) is 15.3. The summed E-state index contributed by atoms with van der Waals surface area (Å²) in [5.74, 6) is 2.29. The molecule has 6 nitrogen and oxygen atoms in total. The summed E-state index contributed by atoms with van der Waals surface area (Å²) in [5, 5.41) is 9.40. The van der Waals surface area contributed by atoms with Crippen molar-refractivity contribution in [2.45, 2.75) is 25.2 Å². The number of carbonyl (C=O) groups excluding carboxylic acids is 1. The van der Waals surface area contributed by atoms with Gasteiger partial charge in [-0.05, 0) is 13.0 Å². The maximum Gasteiger partial charge on any atom is 0.428 e. The zero-order chi connectivity index (χ0) is 20.0. The van der Waals surface area contributed by atoms with E-state index in [1.807, 2.05) is 5.92 Å². The number of aliphatic hydroxyl groups is 1. The third-order valence-corrected chi connectivity index (χ3v) is 3.92. The summed E-state index contributed by atoms with van der Waals surface area (Å²) in [6, 6.07) is 2.12. The molecule has 2 heterocycles. The van der Waals surface area contributed by atoms with Crippen LogP contribution in [0.1, 0.15) is 23.0 Å². The number of carbonyl (C=O) groups is 1. The lowest BCUT2D eigenvalue weighted by Gasteiger charge is -2.19. The number of halogens is 4. The Morgan fingerprint density at radius 3 is 2.74 bits per heavy atom. The Balaban J connectivity index is 2.12. The maximum atomic E-state index is 14.2. The Bertz CT molecular complexity index is 984. The zero-order valence-corrected chi connectivity index (χ0v) is 13.9. The minimum absolute atomic E-state index is 0.0187. The van der Waals surface area contributed by atoms with E-state index in [2.05, 4.69) is 4.98 Å². The summed E-state index contributed by atoms with van der Waals surface area (Å²) in [6.07, 6.45) is -3.60. The number of ether oxygens (including phenoxy) is 1. The van der Waals surface area contributed by atoms with Crippen LogP contribution in [0.4, 0.5) is 17.6 Å². The Hall–Kier alpha value is -3.06. The van der Waals surface area contributed by atoms with Gasteiger partial charge in [0.1, 0.15) is 29.7 Å². The Morgan fingerprint density at radius 2 is 2.11 bits per heavy atom. The summed E-state index contributed by atoms with van der Waals surface area (Å²) in [6.45, 7) is 0.924. The highest BCUT2D eigenvalue weighted by molar-refractivity contribution is 5.91. The van der Waals surface area contributed by atoms with Gasteiger partial charge in [0.15, 0.2) is 0 Å². The van der Waals surface area contributed by atoms with Crippen molar-refractivity contribution in [1.29, 1.82) is 0 Å². The van der Waals surface area contributed by atoms with Gasteiger partial charge in [0, 0.05) is 12.3 Å². The first-order chi connectivity index (χ1) is 12.5. The molecule has 0 saturated heterocycles. The maximum absolute atomic E-state index is 14.2. The van der Waals surface area contributed by atoms with Crippen LogP contribution in [0.3, 0.4) is 0 Å². The van der Waals surface area contributed by atoms with E-state index in [9.17, 15) is 27.5 Å². The number of nitrogens with two attached hydrogens (primary N) is 1. The number of hydrogen-bond acceptors (Lipinski definition) is 4. The molecule has 2 aromatic rings. The summed E-state index contributed by atoms with van der Waals surface area (Å²) in [5.41, 5.74) is 1.73. The predicted molar refractivity (Wildman–Crippen MR) is 85.2 cm³/mol. The van der Waals surface area contributed by atoms with Gasteiger partial charge in [0.25, 0.3) is 5.91 Å². The highest BCUT2D eigenvalue weighted by atomic mass is 19.4. The number of imidazole rings is 1. The molecule has 1 amide bonds. The number of benzene rings is 1. The Morgan fingerprint density at radius 1 is 1.41 bits per heavy atom. The van der Waals surface area contributed by atoms with E-state index in [0.29, 0.717) is 13.5 Å². The van der Waals surface area contributed by atoms with Crippen LogP contribution >= 0.6 is 0 Å². The molecule has 1 aromatic heterocycles. The molecule has 3 rings (SSSR count). The lowest BCUT2D eigenvalue weighted by atomic mass is 10.0. The van der Waals surface area contributed by atoms with Gasteiger partial charge >= 0.3 is 6.18 Å². The number of alkyl halides is 3. The van der Waals surface area contributed by atoms with Crippen LogP contribution in [-0.2, 0) is 6.54 Å². The van der Waals surface area contributed by atoms with Gasteiger partial charge in [0.05, 0.1) is 17.7 Å². The van der Waals surface area contributed by atoms with Gasteiger partial charge in [-0.15, -0.1) is 0 Å². The lowest BCUT2D eigenvalue weighted by Crippen LogP contribution is -2.40. The minimum Gasteiger partial charge on any atom is -0.491 e. The van der Waals surface area contributed by atoms with Crippen LogP contribution in [0.15, 0.2) is 18.3 Å². The van der Waals surface area contributed by atoms with Crippen molar-refractivity contribution in [1.82, 2.24) is 9.55 Å². The van der Waals surface area contributed by atoms with Crippen LogP contribution in [0.25, 0.3) is 11.4 Å². The van der Waals surface area contributed by atoms with E-state index in [1.165, 1.54) is 6.20 Å². The second-order valence-electron chi connectivity index (χ2n) is 6.00. The van der Waals surface area contributed by atoms with E-state index in [4.69, 9.17) is 10.5 Å². The van der Waals surface area contributed by atoms with Gasteiger partial charge in [-0.2, -0.15) is 13.2 Å². The molecule has 0 fully saturated rings. The van der Waals surface area contributed by atoms with Crippen LogP contribution in [-0.4, -0.2) is 38.9 Å². The highest BCUT2D eigenvalue weighted by Gasteiger charge is 2.49. The van der Waals surface area contributed by atoms with Gasteiger partial charge in [-0.25, -0.2) is 9.37 Å². The SMILES string of the molecule is CC(O)(C#Cc1cc2c(cc1F)OCCn1cc(C(N)=O)nc1-2)C(F)(F)F. The van der Waals surface area contributed by atoms with Crippen molar-refractivity contribution in [2.24, 2.45) is 5.73 Å². The quantitative estimate of drug-likeness (QED) is 0.581. The summed E-state index contributed by atoms with van der Waals surface area (Å²) >= 11 is 0. The topological polar surface area (TPSA) is 90.4 Å². The molecule has 142 valence electrons. The van der Waals surface area contributed by atoms with E-state index < -0.39 is 23.5 Å². The summed E-state index contributed by atoms with van der Waals surface area (Å²) in [7, 11) is 0. The number of primary amides is 1. The fraction of sp³-hybridized carbons (Fsp3) is 0.294. The number of amides is 1. The average Bonchev–Trinajstić information content (AvgIpc) is 2.90. The molecule has 0 aliphatic carbocycles. The third kappa shape index (κ3) is 3.46. The van der Waals surface area contributed by atoms with Crippen LogP contribution in [0.2, 0.25) is 0 Å². The molecule has 1 atom stereocenters. The molecule has 0 saturated carbocycles. The van der Waals surface area contributed by atoms with Crippen molar-refractivity contribution < 1.29 is 32.2 Å². The number of nitrogens with zero attached hydrogens (tertiary/aromatic N) is 2. The minimum atomic E-state index is -5.00. The lowest BCUT2D eigenvalue weighted by molar-refractivity contribution is -0.228. The first-order valence-electron chi connectivity index (χ1n) is 7.65.